The molecule has 10 heteroatoms. The molecule has 0 saturated carbocycles. The van der Waals surface area contributed by atoms with E-state index in [2.05, 4.69) is 27.4 Å². The molecule has 0 aliphatic carbocycles. The third kappa shape index (κ3) is 5.13. The van der Waals surface area contributed by atoms with Crippen LogP contribution in [0.25, 0.3) is 11.0 Å². The Kier molecular flexibility index (Phi) is 7.27. The number of imidazole rings is 1. The van der Waals surface area contributed by atoms with E-state index in [1.54, 1.807) is 18.3 Å². The largest absolute Gasteiger partial charge is 0.465 e. The number of halogens is 1. The first-order valence-electron chi connectivity index (χ1n) is 14.9. The molecule has 2 saturated heterocycles. The van der Waals surface area contributed by atoms with Gasteiger partial charge in [0.1, 0.15) is 11.5 Å². The van der Waals surface area contributed by atoms with Crippen molar-refractivity contribution in [1.82, 2.24) is 19.4 Å². The van der Waals surface area contributed by atoms with Gasteiger partial charge in [0.05, 0.1) is 47.4 Å². The molecule has 4 aromatic rings. The minimum atomic E-state index is -1.00. The van der Waals surface area contributed by atoms with Crippen LogP contribution in [0, 0.1) is 0 Å². The molecule has 5 heterocycles. The molecule has 3 aliphatic rings. The molecule has 3 aliphatic heterocycles. The molecule has 43 heavy (non-hydrogen) atoms. The number of aromatic nitrogens is 3. The summed E-state index contributed by atoms with van der Waals surface area (Å²) in [7, 11) is 1.40. The number of para-hydroxylation sites is 1. The summed E-state index contributed by atoms with van der Waals surface area (Å²) in [5.74, 6) is 1.53. The Morgan fingerprint density at radius 3 is 2.65 bits per heavy atom. The molecule has 2 aromatic carbocycles. The first kappa shape index (κ1) is 28.1. The Labute approximate surface area is 255 Å². The number of hydrogen-bond acceptors (Lipinski definition) is 8. The quantitative estimate of drug-likeness (QED) is 0.230. The Balaban J connectivity index is 1.10. The van der Waals surface area contributed by atoms with Crippen molar-refractivity contribution in [3.05, 3.63) is 82.4 Å². The van der Waals surface area contributed by atoms with Crippen LogP contribution in [-0.2, 0) is 21.8 Å². The van der Waals surface area contributed by atoms with Gasteiger partial charge in [-0.3, -0.25) is 9.88 Å². The van der Waals surface area contributed by atoms with Gasteiger partial charge < -0.3 is 23.5 Å². The number of benzene rings is 2. The zero-order valence-corrected chi connectivity index (χ0v) is 25.3. The van der Waals surface area contributed by atoms with Gasteiger partial charge in [-0.2, -0.15) is 0 Å². The van der Waals surface area contributed by atoms with E-state index in [-0.39, 0.29) is 18.1 Å². The van der Waals surface area contributed by atoms with E-state index in [0.29, 0.717) is 28.7 Å². The minimum absolute atomic E-state index is 0.0929. The maximum atomic E-state index is 12.3. The number of esters is 1. The molecule has 0 N–H and O–H groups in total. The lowest BCUT2D eigenvalue weighted by Crippen LogP contribution is -2.37. The number of carbonyl (C=O) groups is 1. The second-order valence-corrected chi connectivity index (χ2v) is 12.2. The van der Waals surface area contributed by atoms with Crippen LogP contribution < -0.4 is 9.47 Å². The van der Waals surface area contributed by atoms with Crippen molar-refractivity contribution in [2.75, 3.05) is 26.8 Å². The molecule has 2 unspecified atom stereocenters. The number of nitrogens with zero attached hydrogens (tertiary/aromatic N) is 4. The monoisotopic (exact) mass is 602 g/mol. The molecule has 9 nitrogen and oxygen atoms in total. The average Bonchev–Trinajstić information content (AvgIpc) is 3.55. The lowest BCUT2D eigenvalue weighted by molar-refractivity contribution is -0.0722. The maximum absolute atomic E-state index is 12.3. The number of piperidine rings is 1. The van der Waals surface area contributed by atoms with Crippen LogP contribution in [-0.4, -0.2) is 58.3 Å². The van der Waals surface area contributed by atoms with E-state index in [4.69, 9.17) is 35.5 Å². The average molecular weight is 603 g/mol. The molecule has 0 bridgehead atoms. The van der Waals surface area contributed by atoms with E-state index in [1.807, 2.05) is 37.3 Å². The second-order valence-electron chi connectivity index (χ2n) is 11.7. The molecule has 0 amide bonds. The molecule has 0 radical (unpaired) electrons. The molecule has 224 valence electrons. The van der Waals surface area contributed by atoms with E-state index < -0.39 is 5.79 Å². The Morgan fingerprint density at radius 1 is 1.14 bits per heavy atom. The zero-order chi connectivity index (χ0) is 29.7. The summed E-state index contributed by atoms with van der Waals surface area (Å²) in [6.07, 6.45) is 4.76. The molecule has 3 atom stereocenters. The van der Waals surface area contributed by atoms with Crippen molar-refractivity contribution >= 4 is 28.6 Å². The number of pyridine rings is 1. The standard InChI is InChI=1S/C33H35ClN4O5/c1-20(31-36-26-9-7-22(32(39)40-3)17-27(26)38(31)19-24-13-16-41-24)37-14-11-21(12-15-37)25-5-4-6-28-30(25)43-33(2,42-28)29-10-8-23(34)18-35-29/h4-10,17-18,20-21,24H,11-16,19H2,1-3H3/t20?,24-,33?/m0/s1. The fourth-order valence-electron chi connectivity index (χ4n) is 6.51. The number of likely N-dealkylation sites (tertiary alicyclic amines) is 1. The van der Waals surface area contributed by atoms with Crippen LogP contribution in [0.15, 0.2) is 54.7 Å². The molecule has 7 rings (SSSR count). The summed E-state index contributed by atoms with van der Waals surface area (Å²) in [6.45, 7) is 7.46. The number of rotatable bonds is 7. The predicted molar refractivity (Wildman–Crippen MR) is 162 cm³/mol. The van der Waals surface area contributed by atoms with Crippen LogP contribution in [0.5, 0.6) is 11.5 Å². The third-order valence-electron chi connectivity index (χ3n) is 9.07. The number of hydrogen-bond donors (Lipinski definition) is 0. The number of methoxy groups -OCH3 is 1. The van der Waals surface area contributed by atoms with Crippen LogP contribution in [0.2, 0.25) is 5.02 Å². The fraction of sp³-hybridized carbons (Fsp3) is 0.424. The van der Waals surface area contributed by atoms with Gasteiger partial charge in [-0.1, -0.05) is 23.7 Å². The topological polar surface area (TPSA) is 87.9 Å². The van der Waals surface area contributed by atoms with E-state index in [0.717, 1.165) is 67.3 Å². The fourth-order valence-corrected chi connectivity index (χ4v) is 6.62. The molecular formula is C33H35ClN4O5. The van der Waals surface area contributed by atoms with Crippen LogP contribution in [0.1, 0.15) is 72.5 Å². The van der Waals surface area contributed by atoms with Crippen molar-refractivity contribution in [3.63, 3.8) is 0 Å². The maximum Gasteiger partial charge on any atom is 0.337 e. The summed E-state index contributed by atoms with van der Waals surface area (Å²) in [6, 6.07) is 15.5. The van der Waals surface area contributed by atoms with Crippen LogP contribution in [0.4, 0.5) is 0 Å². The third-order valence-corrected chi connectivity index (χ3v) is 9.30. The van der Waals surface area contributed by atoms with Crippen molar-refractivity contribution < 1.29 is 23.7 Å². The highest BCUT2D eigenvalue weighted by Crippen LogP contribution is 2.49. The van der Waals surface area contributed by atoms with Gasteiger partial charge >= 0.3 is 5.97 Å². The van der Waals surface area contributed by atoms with Gasteiger partial charge in [-0.15, -0.1) is 0 Å². The summed E-state index contributed by atoms with van der Waals surface area (Å²) in [5, 5.41) is 0.572. The van der Waals surface area contributed by atoms with Gasteiger partial charge in [0.15, 0.2) is 11.5 Å². The Morgan fingerprint density at radius 2 is 1.95 bits per heavy atom. The van der Waals surface area contributed by atoms with Gasteiger partial charge in [0.2, 0.25) is 0 Å². The number of ether oxygens (including phenoxy) is 4. The van der Waals surface area contributed by atoms with Crippen LogP contribution in [0.3, 0.4) is 0 Å². The highest BCUT2D eigenvalue weighted by molar-refractivity contribution is 6.30. The SMILES string of the molecule is COC(=O)c1ccc2nc(C(C)N3CCC(c4cccc5c4OC(C)(c4ccc(Cl)cn4)O5)CC3)n(C[C@@H]3CCO3)c2c1. The number of carbonyl (C=O) groups excluding carboxylic acids is 1. The van der Waals surface area contributed by atoms with E-state index >= 15 is 0 Å². The Bertz CT molecular complexity index is 1660. The highest BCUT2D eigenvalue weighted by Gasteiger charge is 2.42. The number of fused-ring (bicyclic) bond motifs is 2. The van der Waals surface area contributed by atoms with Crippen LogP contribution >= 0.6 is 11.6 Å². The molecule has 2 fully saturated rings. The van der Waals surface area contributed by atoms with Gasteiger partial charge in [-0.25, -0.2) is 9.78 Å². The van der Waals surface area contributed by atoms with Gasteiger partial charge in [-0.05, 0) is 81.6 Å². The van der Waals surface area contributed by atoms with Crippen molar-refractivity contribution in [3.8, 4) is 11.5 Å². The molecule has 0 spiro atoms. The smallest absolute Gasteiger partial charge is 0.337 e. The van der Waals surface area contributed by atoms with Crippen molar-refractivity contribution in [2.24, 2.45) is 0 Å². The summed E-state index contributed by atoms with van der Waals surface area (Å²) in [5.41, 5.74) is 4.18. The first-order valence-corrected chi connectivity index (χ1v) is 15.3. The molecular weight excluding hydrogens is 568 g/mol. The second kappa shape index (κ2) is 11.1. The summed E-state index contributed by atoms with van der Waals surface area (Å²) < 4.78 is 25.8. The Hall–Kier alpha value is -3.66. The van der Waals surface area contributed by atoms with Gasteiger partial charge in [0, 0.05) is 25.3 Å². The van der Waals surface area contributed by atoms with Crippen molar-refractivity contribution in [2.45, 2.75) is 63.5 Å². The summed E-state index contributed by atoms with van der Waals surface area (Å²) >= 11 is 6.06. The van der Waals surface area contributed by atoms with Gasteiger partial charge in [0.25, 0.3) is 5.79 Å². The van der Waals surface area contributed by atoms with Crippen molar-refractivity contribution in [1.29, 1.82) is 0 Å². The lowest BCUT2D eigenvalue weighted by Gasteiger charge is -2.37. The highest BCUT2D eigenvalue weighted by atomic mass is 35.5. The summed E-state index contributed by atoms with van der Waals surface area (Å²) in [4.78, 5) is 24.3. The molecule has 2 aromatic heterocycles. The zero-order valence-electron chi connectivity index (χ0n) is 24.6. The predicted octanol–water partition coefficient (Wildman–Crippen LogP) is 6.24. The lowest BCUT2D eigenvalue weighted by atomic mass is 9.88. The first-order chi connectivity index (χ1) is 20.8. The minimum Gasteiger partial charge on any atom is -0.465 e. The van der Waals surface area contributed by atoms with E-state index in [9.17, 15) is 4.79 Å². The van der Waals surface area contributed by atoms with E-state index in [1.165, 1.54) is 12.7 Å². The normalized spacial score (nSPS) is 22.8.